The normalized spacial score (nSPS) is 11.2. The summed E-state index contributed by atoms with van der Waals surface area (Å²) in [5.41, 5.74) is 2.65. The summed E-state index contributed by atoms with van der Waals surface area (Å²) < 4.78 is 19.0. The Bertz CT molecular complexity index is 1030. The van der Waals surface area contributed by atoms with Gasteiger partial charge in [-0.1, -0.05) is 15.9 Å². The molecule has 0 aliphatic heterocycles. The largest absolute Gasteiger partial charge is 0.325 e. The van der Waals surface area contributed by atoms with E-state index in [-0.39, 0.29) is 21.8 Å². The van der Waals surface area contributed by atoms with Gasteiger partial charge in [0.1, 0.15) is 5.82 Å². The van der Waals surface area contributed by atoms with E-state index >= 15 is 0 Å². The van der Waals surface area contributed by atoms with E-state index in [4.69, 9.17) is 0 Å². The van der Waals surface area contributed by atoms with Crippen molar-refractivity contribution >= 4 is 60.9 Å². The zero-order chi connectivity index (χ0) is 20.1. The van der Waals surface area contributed by atoms with Crippen LogP contribution >= 0.6 is 31.9 Å². The van der Waals surface area contributed by atoms with Crippen LogP contribution in [0.1, 0.15) is 5.69 Å². The Morgan fingerprint density at radius 1 is 1.11 bits per heavy atom. The fourth-order valence-corrected chi connectivity index (χ4v) is 2.67. The van der Waals surface area contributed by atoms with Gasteiger partial charge in [0.2, 0.25) is 5.82 Å². The molecule has 0 unspecified atom stereocenters. The van der Waals surface area contributed by atoms with Crippen molar-refractivity contribution in [3.63, 3.8) is 0 Å². The number of amidine groups is 1. The second-order valence-corrected chi connectivity index (χ2v) is 6.99. The van der Waals surface area contributed by atoms with Gasteiger partial charge in [0, 0.05) is 10.2 Å². The zero-order valence-corrected chi connectivity index (χ0v) is 17.0. The highest BCUT2D eigenvalue weighted by atomic mass is 79.9. The molecule has 12 heteroatoms. The number of amides is 2. The standard InChI is InChI=1S/C16H11Br2FN6O3/c17-8-1-3-9(4-2-8)21-16(26)22-15-13(24-28-25-15)14(23-27)20-10-5-6-12(19)11(18)7-10/h1-7,27H,(H,20,23)(H2,21,22,25,26). The van der Waals surface area contributed by atoms with Gasteiger partial charge < -0.3 is 5.32 Å². The Hall–Kier alpha value is -2.83. The SMILES string of the molecule is O=C(Nc1ccc(Br)cc1)Nc1nonc1C(=Nc1ccc(F)c(Br)c1)NO. The van der Waals surface area contributed by atoms with E-state index in [0.717, 1.165) is 4.47 Å². The van der Waals surface area contributed by atoms with Crippen molar-refractivity contribution in [3.8, 4) is 0 Å². The van der Waals surface area contributed by atoms with Crippen LogP contribution in [-0.4, -0.2) is 27.4 Å². The molecule has 3 aromatic rings. The molecule has 4 N–H and O–H groups in total. The second-order valence-electron chi connectivity index (χ2n) is 5.22. The van der Waals surface area contributed by atoms with Crippen molar-refractivity contribution in [1.29, 1.82) is 0 Å². The van der Waals surface area contributed by atoms with Crippen molar-refractivity contribution in [1.82, 2.24) is 15.8 Å². The molecule has 0 atom stereocenters. The van der Waals surface area contributed by atoms with E-state index < -0.39 is 11.8 Å². The van der Waals surface area contributed by atoms with Crippen LogP contribution in [0.15, 0.2) is 61.0 Å². The van der Waals surface area contributed by atoms with Crippen LogP contribution in [0, 0.1) is 5.82 Å². The summed E-state index contributed by atoms with van der Waals surface area (Å²) in [5, 5.41) is 21.7. The highest BCUT2D eigenvalue weighted by Gasteiger charge is 2.19. The van der Waals surface area contributed by atoms with Crippen LogP contribution in [0.5, 0.6) is 0 Å². The van der Waals surface area contributed by atoms with Gasteiger partial charge in [-0.15, -0.1) is 0 Å². The first kappa shape index (κ1) is 19.9. The minimum Gasteiger partial charge on any atom is -0.308 e. The molecule has 3 rings (SSSR count). The van der Waals surface area contributed by atoms with Crippen molar-refractivity contribution in [2.24, 2.45) is 4.99 Å². The van der Waals surface area contributed by atoms with Gasteiger partial charge in [-0.25, -0.2) is 18.8 Å². The highest BCUT2D eigenvalue weighted by Crippen LogP contribution is 2.23. The third-order valence-electron chi connectivity index (χ3n) is 3.30. The summed E-state index contributed by atoms with van der Waals surface area (Å²) in [6.45, 7) is 0. The second kappa shape index (κ2) is 8.91. The number of hydroxylamine groups is 1. The molecule has 0 saturated heterocycles. The highest BCUT2D eigenvalue weighted by molar-refractivity contribution is 9.10. The summed E-state index contributed by atoms with van der Waals surface area (Å²) in [6.07, 6.45) is 0. The number of hydrogen-bond donors (Lipinski definition) is 4. The van der Waals surface area contributed by atoms with E-state index in [2.05, 4.69) is 62.4 Å². The number of halogens is 3. The predicted octanol–water partition coefficient (Wildman–Crippen LogP) is 4.43. The number of anilines is 2. The first-order valence-electron chi connectivity index (χ1n) is 7.56. The molecule has 2 amide bonds. The maximum atomic E-state index is 13.3. The van der Waals surface area contributed by atoms with Crippen LogP contribution in [0.25, 0.3) is 0 Å². The minimum absolute atomic E-state index is 0.0612. The Balaban J connectivity index is 1.79. The molecular formula is C16H11Br2FN6O3. The Kier molecular flexibility index (Phi) is 6.34. The lowest BCUT2D eigenvalue weighted by Crippen LogP contribution is -2.25. The molecule has 28 heavy (non-hydrogen) atoms. The van der Waals surface area contributed by atoms with Gasteiger partial charge in [0.15, 0.2) is 11.5 Å². The first-order valence-corrected chi connectivity index (χ1v) is 9.15. The van der Waals surface area contributed by atoms with Crippen molar-refractivity contribution in [2.75, 3.05) is 10.6 Å². The van der Waals surface area contributed by atoms with Crippen LogP contribution in [0.4, 0.5) is 26.4 Å². The predicted molar refractivity (Wildman–Crippen MR) is 106 cm³/mol. The maximum absolute atomic E-state index is 13.3. The number of nitrogens with zero attached hydrogens (tertiary/aromatic N) is 3. The molecule has 2 aromatic carbocycles. The molecule has 0 bridgehead atoms. The summed E-state index contributed by atoms with van der Waals surface area (Å²) in [4.78, 5) is 16.3. The van der Waals surface area contributed by atoms with E-state index in [1.54, 1.807) is 24.3 Å². The van der Waals surface area contributed by atoms with Gasteiger partial charge in [0.05, 0.1) is 10.2 Å². The Morgan fingerprint density at radius 3 is 2.54 bits per heavy atom. The average molecular weight is 514 g/mol. The van der Waals surface area contributed by atoms with Gasteiger partial charge >= 0.3 is 6.03 Å². The number of aromatic nitrogens is 2. The summed E-state index contributed by atoms with van der Waals surface area (Å²) >= 11 is 6.35. The summed E-state index contributed by atoms with van der Waals surface area (Å²) in [6, 6.07) is 10.3. The third-order valence-corrected chi connectivity index (χ3v) is 4.43. The quantitative estimate of drug-likeness (QED) is 0.232. The zero-order valence-electron chi connectivity index (χ0n) is 13.8. The Labute approximate surface area is 174 Å². The topological polar surface area (TPSA) is 125 Å². The van der Waals surface area contributed by atoms with E-state index in [1.807, 2.05) is 5.48 Å². The maximum Gasteiger partial charge on any atom is 0.325 e. The monoisotopic (exact) mass is 512 g/mol. The molecule has 0 fully saturated rings. The van der Waals surface area contributed by atoms with Gasteiger partial charge in [0.25, 0.3) is 0 Å². The Morgan fingerprint density at radius 2 is 1.86 bits per heavy atom. The molecule has 0 aliphatic rings. The number of carbonyl (C=O) groups excluding carboxylic acids is 1. The summed E-state index contributed by atoms with van der Waals surface area (Å²) in [7, 11) is 0. The smallest absolute Gasteiger partial charge is 0.308 e. The van der Waals surface area contributed by atoms with Gasteiger partial charge in [-0.3, -0.25) is 16.0 Å². The minimum atomic E-state index is -0.610. The number of carbonyl (C=O) groups is 1. The molecule has 0 saturated carbocycles. The number of aliphatic imine (C=N–C) groups is 1. The lowest BCUT2D eigenvalue weighted by atomic mass is 10.3. The van der Waals surface area contributed by atoms with Crippen LogP contribution < -0.4 is 16.1 Å². The fraction of sp³-hybridized carbons (Fsp3) is 0. The van der Waals surface area contributed by atoms with E-state index in [0.29, 0.717) is 11.4 Å². The van der Waals surface area contributed by atoms with Gasteiger partial charge in [-0.2, -0.15) is 0 Å². The first-order chi connectivity index (χ1) is 13.5. The number of urea groups is 1. The van der Waals surface area contributed by atoms with Crippen molar-refractivity contribution < 1.29 is 19.0 Å². The number of benzene rings is 2. The van der Waals surface area contributed by atoms with Gasteiger partial charge in [-0.05, 0) is 68.7 Å². The molecule has 1 heterocycles. The van der Waals surface area contributed by atoms with Crippen LogP contribution in [0.3, 0.4) is 0 Å². The van der Waals surface area contributed by atoms with Crippen molar-refractivity contribution in [3.05, 3.63) is 62.9 Å². The van der Waals surface area contributed by atoms with E-state index in [9.17, 15) is 14.4 Å². The molecule has 144 valence electrons. The molecular weight excluding hydrogens is 503 g/mol. The van der Waals surface area contributed by atoms with Crippen LogP contribution in [-0.2, 0) is 0 Å². The lowest BCUT2D eigenvalue weighted by molar-refractivity contribution is 0.234. The lowest BCUT2D eigenvalue weighted by Gasteiger charge is -2.07. The number of nitrogens with one attached hydrogen (secondary N) is 3. The third kappa shape index (κ3) is 4.91. The molecule has 0 radical (unpaired) electrons. The molecule has 0 spiro atoms. The fourth-order valence-electron chi connectivity index (χ4n) is 2.04. The van der Waals surface area contributed by atoms with Crippen molar-refractivity contribution in [2.45, 2.75) is 0 Å². The molecule has 0 aliphatic carbocycles. The summed E-state index contributed by atoms with van der Waals surface area (Å²) in [5.74, 6) is -0.720. The average Bonchev–Trinajstić information content (AvgIpc) is 3.12. The van der Waals surface area contributed by atoms with Crippen LogP contribution in [0.2, 0.25) is 0 Å². The molecule has 1 aromatic heterocycles. The van der Waals surface area contributed by atoms with E-state index in [1.165, 1.54) is 18.2 Å². The molecule has 9 nitrogen and oxygen atoms in total. The number of rotatable bonds is 4. The number of hydrogen-bond acceptors (Lipinski definition) is 6.